The van der Waals surface area contributed by atoms with Gasteiger partial charge in [0.15, 0.2) is 0 Å². The second kappa shape index (κ2) is 13.9. The average Bonchev–Trinajstić information content (AvgIpc) is 3.83. The van der Waals surface area contributed by atoms with Crippen LogP contribution in [-0.2, 0) is 4.74 Å². The van der Waals surface area contributed by atoms with Crippen LogP contribution in [0.4, 0.5) is 4.79 Å². The second-order valence-corrected chi connectivity index (χ2v) is 14.9. The lowest BCUT2D eigenvalue weighted by Crippen LogP contribution is -2.41. The van der Waals surface area contributed by atoms with Gasteiger partial charge in [-0.3, -0.25) is 4.79 Å². The van der Waals surface area contributed by atoms with Gasteiger partial charge in [0.25, 0.3) is 5.91 Å². The lowest BCUT2D eigenvalue weighted by Gasteiger charge is -2.24. The minimum absolute atomic E-state index is 0.153. The molecular weight excluding hydrogens is 681 g/mol. The minimum Gasteiger partial charge on any atom is -0.444 e. The molecule has 2 amide bonds. The first-order valence-electron chi connectivity index (χ1n) is 17.0. The molecule has 2 aromatic heterocycles. The van der Waals surface area contributed by atoms with E-state index in [9.17, 15) is 9.59 Å². The number of ether oxygens (including phenoxy) is 1. The third kappa shape index (κ3) is 7.12. The molecule has 2 unspecified atom stereocenters. The highest BCUT2D eigenvalue weighted by Crippen LogP contribution is 2.41. The van der Waals surface area contributed by atoms with E-state index in [2.05, 4.69) is 21.8 Å². The van der Waals surface area contributed by atoms with Gasteiger partial charge in [0.1, 0.15) is 11.3 Å². The van der Waals surface area contributed by atoms with Gasteiger partial charge in [0.2, 0.25) is 0 Å². The zero-order valence-electron chi connectivity index (χ0n) is 28.9. The van der Waals surface area contributed by atoms with Crippen molar-refractivity contribution in [2.75, 3.05) is 13.1 Å². The van der Waals surface area contributed by atoms with Crippen molar-refractivity contribution < 1.29 is 14.3 Å². The lowest BCUT2D eigenvalue weighted by atomic mass is 9.94. The maximum absolute atomic E-state index is 14.7. The first kappa shape index (κ1) is 34.4. The molecule has 0 radical (unpaired) electrons. The van der Waals surface area contributed by atoms with Crippen LogP contribution in [0.15, 0.2) is 109 Å². The summed E-state index contributed by atoms with van der Waals surface area (Å²) in [5, 5.41) is 5.34. The van der Waals surface area contributed by atoms with E-state index in [4.69, 9.17) is 32.9 Å². The van der Waals surface area contributed by atoms with Crippen LogP contribution in [0.3, 0.4) is 0 Å². The van der Waals surface area contributed by atoms with Crippen molar-refractivity contribution in [1.29, 1.82) is 0 Å². The summed E-state index contributed by atoms with van der Waals surface area (Å²) >= 11 is 12.8. The van der Waals surface area contributed by atoms with Crippen molar-refractivity contribution in [3.8, 4) is 22.5 Å². The number of amides is 2. The van der Waals surface area contributed by atoms with Crippen molar-refractivity contribution in [3.63, 3.8) is 0 Å². The molecule has 1 aliphatic rings. The van der Waals surface area contributed by atoms with Gasteiger partial charge < -0.3 is 24.5 Å². The maximum atomic E-state index is 14.7. The molecule has 3 heterocycles. The van der Waals surface area contributed by atoms with E-state index in [-0.39, 0.29) is 23.9 Å². The number of nitrogens with zero attached hydrogens (tertiary/aromatic N) is 3. The van der Waals surface area contributed by atoms with Crippen LogP contribution in [-0.4, -0.2) is 56.2 Å². The molecule has 7 rings (SSSR count). The van der Waals surface area contributed by atoms with Crippen molar-refractivity contribution in [1.82, 2.24) is 24.8 Å². The van der Waals surface area contributed by atoms with Crippen LogP contribution >= 0.6 is 23.2 Å². The van der Waals surface area contributed by atoms with Gasteiger partial charge in [0, 0.05) is 51.1 Å². The highest BCUT2D eigenvalue weighted by Gasteiger charge is 2.40. The van der Waals surface area contributed by atoms with Crippen molar-refractivity contribution in [2.24, 2.45) is 0 Å². The minimum atomic E-state index is -0.649. The van der Waals surface area contributed by atoms with Crippen LogP contribution < -0.4 is 5.32 Å². The summed E-state index contributed by atoms with van der Waals surface area (Å²) in [6.45, 7) is 8.34. The number of hydrogen-bond donors (Lipinski definition) is 2. The molecule has 6 aromatic rings. The fraction of sp³-hybridized carbons (Fsp3) is 0.244. The molecule has 0 bridgehead atoms. The second-order valence-electron chi connectivity index (χ2n) is 14.0. The number of H-pyrrole nitrogens is 1. The molecule has 51 heavy (non-hydrogen) atoms. The van der Waals surface area contributed by atoms with Crippen molar-refractivity contribution >= 4 is 46.1 Å². The molecule has 2 N–H and O–H groups in total. The maximum Gasteiger partial charge on any atom is 0.410 e. The third-order valence-corrected chi connectivity index (χ3v) is 9.84. The number of carbonyl (C=O) groups excluding carboxylic acids is 2. The normalized spacial score (nSPS) is 16.7. The van der Waals surface area contributed by atoms with Gasteiger partial charge >= 0.3 is 6.09 Å². The summed E-state index contributed by atoms with van der Waals surface area (Å²) in [6, 6.07) is 32.7. The highest BCUT2D eigenvalue weighted by molar-refractivity contribution is 6.31. The molecular formula is C41H39Cl2N5O3. The number of aromatic nitrogens is 3. The van der Waals surface area contributed by atoms with Gasteiger partial charge in [-0.15, -0.1) is 0 Å². The Labute approximate surface area is 307 Å². The number of carbonyl (C=O) groups is 2. The van der Waals surface area contributed by atoms with E-state index in [1.807, 2.05) is 130 Å². The summed E-state index contributed by atoms with van der Waals surface area (Å²) in [7, 11) is 0. The lowest BCUT2D eigenvalue weighted by molar-refractivity contribution is 0.0288. The molecule has 10 heteroatoms. The Morgan fingerprint density at radius 3 is 2.25 bits per heavy atom. The fourth-order valence-corrected chi connectivity index (χ4v) is 7.20. The summed E-state index contributed by atoms with van der Waals surface area (Å²) in [5.74, 6) is -0.458. The van der Waals surface area contributed by atoms with Crippen LogP contribution in [0.25, 0.3) is 33.4 Å². The number of imidazole rings is 1. The van der Waals surface area contributed by atoms with E-state index in [0.29, 0.717) is 34.4 Å². The van der Waals surface area contributed by atoms with E-state index in [1.165, 1.54) is 0 Å². The predicted octanol–water partition coefficient (Wildman–Crippen LogP) is 9.75. The highest BCUT2D eigenvalue weighted by atomic mass is 35.5. The summed E-state index contributed by atoms with van der Waals surface area (Å²) < 4.78 is 7.84. The Morgan fingerprint density at radius 1 is 0.902 bits per heavy atom. The largest absolute Gasteiger partial charge is 0.444 e. The molecule has 0 aliphatic carbocycles. The molecule has 1 saturated heterocycles. The fourth-order valence-electron chi connectivity index (χ4n) is 6.90. The summed E-state index contributed by atoms with van der Waals surface area (Å²) in [5.41, 5.74) is 5.64. The molecule has 1 aliphatic heterocycles. The topological polar surface area (TPSA) is 92.2 Å². The molecule has 3 atom stereocenters. The first-order valence-corrected chi connectivity index (χ1v) is 17.8. The number of halogens is 2. The van der Waals surface area contributed by atoms with Gasteiger partial charge in [-0.25, -0.2) is 9.78 Å². The van der Waals surface area contributed by atoms with Gasteiger partial charge in [0.05, 0.1) is 29.8 Å². The van der Waals surface area contributed by atoms with Crippen LogP contribution in [0, 0.1) is 0 Å². The van der Waals surface area contributed by atoms with Gasteiger partial charge in [-0.1, -0.05) is 102 Å². The molecule has 0 spiro atoms. The average molecular weight is 721 g/mol. The summed E-state index contributed by atoms with van der Waals surface area (Å²) in [4.78, 5) is 38.0. The van der Waals surface area contributed by atoms with E-state index in [1.54, 1.807) is 4.90 Å². The van der Waals surface area contributed by atoms with E-state index >= 15 is 0 Å². The zero-order chi connectivity index (χ0) is 35.9. The van der Waals surface area contributed by atoms with Gasteiger partial charge in [-0.2, -0.15) is 0 Å². The van der Waals surface area contributed by atoms with Crippen molar-refractivity contribution in [3.05, 3.63) is 136 Å². The van der Waals surface area contributed by atoms with Crippen LogP contribution in [0.5, 0.6) is 0 Å². The number of fused-ring (bicyclic) bond motifs is 1. The third-order valence-electron chi connectivity index (χ3n) is 9.35. The van der Waals surface area contributed by atoms with Crippen LogP contribution in [0.2, 0.25) is 10.0 Å². The smallest absolute Gasteiger partial charge is 0.410 e. The van der Waals surface area contributed by atoms with Gasteiger partial charge in [-0.05, 0) is 63.1 Å². The zero-order valence-corrected chi connectivity index (χ0v) is 30.4. The molecule has 4 aromatic carbocycles. The summed E-state index contributed by atoms with van der Waals surface area (Å²) in [6.07, 6.45) is 1.42. The molecule has 1 fully saturated rings. The number of benzene rings is 4. The Balaban J connectivity index is 1.35. The Hall–Kier alpha value is -5.05. The van der Waals surface area contributed by atoms with Crippen molar-refractivity contribution in [2.45, 2.75) is 51.3 Å². The standard InChI is InChI=1S/C41H39Cl2N5O3/c1-25(26-15-17-29(42)18-16-26)48-24-44-36(28-13-9-6-10-14-28)38(48)35-31-20-19-30(43)21-33(31)45-37(35)39(49)46-34-23-47(40(50)51-41(2,3)4)22-32(34)27-11-7-5-8-12-27/h5-21,24-25,32,34,45H,22-23H2,1-4H3,(H,46,49)/t25?,32-,34?/m0/s1. The first-order chi connectivity index (χ1) is 24.5. The number of aromatic amines is 1. The molecule has 8 nitrogen and oxygen atoms in total. The Bertz CT molecular complexity index is 2190. The molecule has 0 saturated carbocycles. The Kier molecular flexibility index (Phi) is 9.40. The SMILES string of the molecule is CC(c1ccc(Cl)cc1)n1cnc(-c2ccccc2)c1-c1c(C(=O)NC2CN(C(=O)OC(C)(C)C)C[C@H]2c2ccccc2)[nH]c2cc(Cl)ccc12. The monoisotopic (exact) mass is 719 g/mol. The number of rotatable bonds is 7. The van der Waals surface area contributed by atoms with Crippen LogP contribution in [0.1, 0.15) is 61.3 Å². The number of nitrogens with one attached hydrogen (secondary N) is 2. The quantitative estimate of drug-likeness (QED) is 0.172. The Morgan fingerprint density at radius 2 is 1.57 bits per heavy atom. The van der Waals surface area contributed by atoms with E-state index in [0.717, 1.165) is 39.0 Å². The number of likely N-dealkylation sites (tertiary alicyclic amines) is 1. The number of hydrogen-bond acceptors (Lipinski definition) is 4. The molecule has 260 valence electrons. The predicted molar refractivity (Wildman–Crippen MR) is 203 cm³/mol. The van der Waals surface area contributed by atoms with E-state index < -0.39 is 11.7 Å².